The molecule has 0 saturated heterocycles. The van der Waals surface area contributed by atoms with Gasteiger partial charge in [-0.1, -0.05) is 11.6 Å². The number of halogens is 1. The molecule has 1 amide bonds. The Labute approximate surface area is 107 Å². The molecular formula is C13H18ClNO2. The first-order valence-corrected chi connectivity index (χ1v) is 5.91. The lowest BCUT2D eigenvalue weighted by Crippen LogP contribution is -2.50. The molecule has 0 bridgehead atoms. The zero-order chi connectivity index (χ0) is 13.1. The molecule has 3 nitrogen and oxygen atoms in total. The normalized spacial score (nSPS) is 13.0. The van der Waals surface area contributed by atoms with Crippen LogP contribution in [-0.4, -0.2) is 17.6 Å². The van der Waals surface area contributed by atoms with Gasteiger partial charge in [-0.15, -0.1) is 0 Å². The lowest BCUT2D eigenvalue weighted by molar-refractivity contribution is -0.120. The van der Waals surface area contributed by atoms with Gasteiger partial charge in [-0.2, -0.15) is 0 Å². The van der Waals surface area contributed by atoms with E-state index in [4.69, 9.17) is 16.3 Å². The van der Waals surface area contributed by atoms with Crippen molar-refractivity contribution < 1.29 is 9.53 Å². The van der Waals surface area contributed by atoms with Crippen molar-refractivity contribution in [3.05, 3.63) is 29.3 Å². The lowest BCUT2D eigenvalue weighted by atomic mass is 10.00. The molecule has 94 valence electrons. The molecule has 1 aromatic carbocycles. The van der Waals surface area contributed by atoms with Crippen LogP contribution in [0.3, 0.4) is 0 Å². The van der Waals surface area contributed by atoms with Crippen LogP contribution in [0, 0.1) is 0 Å². The molecule has 0 radical (unpaired) electrons. The first kappa shape index (κ1) is 13.8. The molecule has 0 heterocycles. The maximum atomic E-state index is 11.0. The Kier molecular flexibility index (Phi) is 4.40. The average Bonchev–Trinajstić information content (AvgIpc) is 2.20. The molecule has 0 fully saturated rings. The summed E-state index contributed by atoms with van der Waals surface area (Å²) < 4.78 is 5.85. The molecule has 1 N–H and O–H groups in total. The third kappa shape index (κ3) is 4.27. The highest BCUT2D eigenvalue weighted by atomic mass is 35.5. The Bertz CT molecular complexity index is 387. The van der Waals surface area contributed by atoms with Crippen LogP contribution in [-0.2, 0) is 4.79 Å². The number of benzene rings is 1. The van der Waals surface area contributed by atoms with Crippen LogP contribution in [0.4, 0.5) is 0 Å². The van der Waals surface area contributed by atoms with Crippen molar-refractivity contribution in [3.63, 3.8) is 0 Å². The second-order valence-electron chi connectivity index (χ2n) is 4.58. The molecule has 0 aliphatic heterocycles. The van der Waals surface area contributed by atoms with Gasteiger partial charge in [0.1, 0.15) is 11.4 Å². The van der Waals surface area contributed by atoms with E-state index in [-0.39, 0.29) is 11.9 Å². The quantitative estimate of drug-likeness (QED) is 0.898. The summed E-state index contributed by atoms with van der Waals surface area (Å²) in [5, 5.41) is 3.50. The van der Waals surface area contributed by atoms with Crippen molar-refractivity contribution in [2.24, 2.45) is 0 Å². The van der Waals surface area contributed by atoms with Gasteiger partial charge in [0, 0.05) is 11.9 Å². The number of carbonyl (C=O) groups is 1. The van der Waals surface area contributed by atoms with E-state index in [1.807, 2.05) is 32.9 Å². The van der Waals surface area contributed by atoms with Crippen LogP contribution in [0.15, 0.2) is 24.3 Å². The summed E-state index contributed by atoms with van der Waals surface area (Å²) in [6, 6.07) is 7.08. The minimum absolute atomic E-state index is 0.0646. The van der Waals surface area contributed by atoms with Gasteiger partial charge in [-0.05, 0) is 45.0 Å². The van der Waals surface area contributed by atoms with Crippen LogP contribution >= 0.6 is 11.6 Å². The number of nitrogens with one attached hydrogen (secondary N) is 1. The molecule has 1 rings (SSSR count). The third-order valence-electron chi connectivity index (χ3n) is 2.66. The van der Waals surface area contributed by atoms with E-state index in [0.29, 0.717) is 5.02 Å². The minimum Gasteiger partial charge on any atom is -0.486 e. The SMILES string of the molecule is CC(=O)NC(C)C(C)(C)Oc1ccc(Cl)cc1. The van der Waals surface area contributed by atoms with Crippen LogP contribution < -0.4 is 10.1 Å². The second-order valence-corrected chi connectivity index (χ2v) is 5.02. The zero-order valence-electron chi connectivity index (χ0n) is 10.6. The molecule has 0 aromatic heterocycles. The van der Waals surface area contributed by atoms with E-state index in [1.54, 1.807) is 12.1 Å². The fraction of sp³-hybridized carbons (Fsp3) is 0.462. The van der Waals surface area contributed by atoms with E-state index < -0.39 is 5.60 Å². The molecule has 1 unspecified atom stereocenters. The van der Waals surface area contributed by atoms with Crippen molar-refractivity contribution in [1.29, 1.82) is 0 Å². The maximum Gasteiger partial charge on any atom is 0.217 e. The third-order valence-corrected chi connectivity index (χ3v) is 2.91. The Morgan fingerprint density at radius 1 is 1.35 bits per heavy atom. The minimum atomic E-state index is -0.487. The van der Waals surface area contributed by atoms with Gasteiger partial charge in [0.05, 0.1) is 6.04 Å². The predicted octanol–water partition coefficient (Wildman–Crippen LogP) is 3.02. The number of amides is 1. The Hall–Kier alpha value is -1.22. The molecular weight excluding hydrogens is 238 g/mol. The van der Waals surface area contributed by atoms with E-state index >= 15 is 0 Å². The predicted molar refractivity (Wildman–Crippen MR) is 69.4 cm³/mol. The summed E-state index contributed by atoms with van der Waals surface area (Å²) in [5.74, 6) is 0.668. The lowest BCUT2D eigenvalue weighted by Gasteiger charge is -2.33. The number of carbonyl (C=O) groups excluding carboxylic acids is 1. The van der Waals surface area contributed by atoms with Crippen molar-refractivity contribution in [2.45, 2.75) is 39.3 Å². The van der Waals surface area contributed by atoms with Crippen LogP contribution in [0.25, 0.3) is 0 Å². The molecule has 4 heteroatoms. The van der Waals surface area contributed by atoms with E-state index in [0.717, 1.165) is 5.75 Å². The Balaban J connectivity index is 2.71. The van der Waals surface area contributed by atoms with Crippen molar-refractivity contribution >= 4 is 17.5 Å². The molecule has 1 atom stereocenters. The average molecular weight is 256 g/mol. The summed E-state index contributed by atoms with van der Waals surface area (Å²) in [7, 11) is 0. The van der Waals surface area contributed by atoms with Crippen molar-refractivity contribution in [3.8, 4) is 5.75 Å². The molecule has 0 aliphatic rings. The monoisotopic (exact) mass is 255 g/mol. The summed E-state index contributed by atoms with van der Waals surface area (Å²) in [6.45, 7) is 7.27. The summed E-state index contributed by atoms with van der Waals surface area (Å²) in [4.78, 5) is 11.0. The molecule has 0 saturated carbocycles. The first-order chi connectivity index (χ1) is 7.81. The van der Waals surface area contributed by atoms with Gasteiger partial charge in [0.15, 0.2) is 0 Å². The van der Waals surface area contributed by atoms with Crippen LogP contribution in [0.2, 0.25) is 5.02 Å². The standard InChI is InChI=1S/C13H18ClNO2/c1-9(15-10(2)16)13(3,4)17-12-7-5-11(14)6-8-12/h5-9H,1-4H3,(H,15,16). The van der Waals surface area contributed by atoms with Gasteiger partial charge in [0.2, 0.25) is 5.91 Å². The topological polar surface area (TPSA) is 38.3 Å². The van der Waals surface area contributed by atoms with Crippen LogP contribution in [0.5, 0.6) is 5.75 Å². The van der Waals surface area contributed by atoms with E-state index in [9.17, 15) is 4.79 Å². The Morgan fingerprint density at radius 3 is 2.35 bits per heavy atom. The maximum absolute atomic E-state index is 11.0. The Morgan fingerprint density at radius 2 is 1.88 bits per heavy atom. The summed E-state index contributed by atoms with van der Waals surface area (Å²) >= 11 is 5.80. The molecule has 1 aromatic rings. The summed E-state index contributed by atoms with van der Waals surface area (Å²) in [6.07, 6.45) is 0. The fourth-order valence-corrected chi connectivity index (χ4v) is 1.50. The molecule has 0 aliphatic carbocycles. The largest absolute Gasteiger partial charge is 0.486 e. The molecule has 17 heavy (non-hydrogen) atoms. The highest BCUT2D eigenvalue weighted by Gasteiger charge is 2.28. The number of rotatable bonds is 4. The van der Waals surface area contributed by atoms with Gasteiger partial charge >= 0.3 is 0 Å². The van der Waals surface area contributed by atoms with Gasteiger partial charge in [0.25, 0.3) is 0 Å². The van der Waals surface area contributed by atoms with Gasteiger partial charge in [-0.3, -0.25) is 4.79 Å². The zero-order valence-corrected chi connectivity index (χ0v) is 11.3. The number of hydrogen-bond donors (Lipinski definition) is 1. The van der Waals surface area contributed by atoms with Crippen LogP contribution in [0.1, 0.15) is 27.7 Å². The van der Waals surface area contributed by atoms with Crippen molar-refractivity contribution in [2.75, 3.05) is 0 Å². The highest BCUT2D eigenvalue weighted by Crippen LogP contribution is 2.22. The summed E-state index contributed by atoms with van der Waals surface area (Å²) in [5.41, 5.74) is -0.487. The van der Waals surface area contributed by atoms with Gasteiger partial charge in [-0.25, -0.2) is 0 Å². The van der Waals surface area contributed by atoms with E-state index in [2.05, 4.69) is 5.32 Å². The second kappa shape index (κ2) is 5.41. The van der Waals surface area contributed by atoms with E-state index in [1.165, 1.54) is 6.92 Å². The number of hydrogen-bond acceptors (Lipinski definition) is 2. The smallest absolute Gasteiger partial charge is 0.217 e. The highest BCUT2D eigenvalue weighted by molar-refractivity contribution is 6.30. The fourth-order valence-electron chi connectivity index (χ4n) is 1.37. The van der Waals surface area contributed by atoms with Gasteiger partial charge < -0.3 is 10.1 Å². The van der Waals surface area contributed by atoms with Crippen molar-refractivity contribution in [1.82, 2.24) is 5.32 Å². The molecule has 0 spiro atoms. The number of ether oxygens (including phenoxy) is 1. The first-order valence-electron chi connectivity index (χ1n) is 5.53.